The van der Waals surface area contributed by atoms with Crippen molar-refractivity contribution in [3.05, 3.63) is 118 Å². The van der Waals surface area contributed by atoms with Crippen molar-refractivity contribution in [2.24, 2.45) is 0 Å². The molecule has 0 bridgehead atoms. The lowest BCUT2D eigenvalue weighted by Crippen LogP contribution is -2.43. The maximum Gasteiger partial charge on any atom is 0.328 e. The highest BCUT2D eigenvalue weighted by molar-refractivity contribution is 5.94. The molecule has 1 atom stereocenters. The fourth-order valence-electron chi connectivity index (χ4n) is 3.22. The van der Waals surface area contributed by atoms with E-state index in [4.69, 9.17) is 4.74 Å². The van der Waals surface area contributed by atoms with Crippen molar-refractivity contribution < 1.29 is 19.2 Å². The number of benzene rings is 3. The molecule has 0 saturated heterocycles. The summed E-state index contributed by atoms with van der Waals surface area (Å²) in [6, 6.07) is 23.6. The van der Waals surface area contributed by atoms with Gasteiger partial charge in [-0.05, 0) is 24.1 Å². The zero-order valence-electron chi connectivity index (χ0n) is 18.2. The molecule has 0 aliphatic rings. The summed E-state index contributed by atoms with van der Waals surface area (Å²) in [5.74, 6) is -1.06. The number of esters is 1. The van der Waals surface area contributed by atoms with Crippen LogP contribution in [0.25, 0.3) is 6.08 Å². The molecule has 0 aliphatic carbocycles. The van der Waals surface area contributed by atoms with Crippen LogP contribution in [0, 0.1) is 10.1 Å². The summed E-state index contributed by atoms with van der Waals surface area (Å²) >= 11 is 0. The summed E-state index contributed by atoms with van der Waals surface area (Å²) in [6.07, 6.45) is 2.99. The Kier molecular flexibility index (Phi) is 8.07. The van der Waals surface area contributed by atoms with Gasteiger partial charge in [-0.1, -0.05) is 78.9 Å². The van der Waals surface area contributed by atoms with E-state index in [9.17, 15) is 19.7 Å². The SMILES string of the molecule is C[C@@H](C(=O)OCc1ccccc1)N(Cc1ccccc1[N+](=O)[O-])C(=O)/C=C/c1ccccc1. The van der Waals surface area contributed by atoms with Gasteiger partial charge in [0, 0.05) is 17.7 Å². The van der Waals surface area contributed by atoms with Gasteiger partial charge in [0.1, 0.15) is 12.6 Å². The molecule has 1 amide bonds. The van der Waals surface area contributed by atoms with Crippen LogP contribution in [0.3, 0.4) is 0 Å². The topological polar surface area (TPSA) is 89.8 Å². The number of nitro groups is 1. The maximum atomic E-state index is 13.1. The summed E-state index contributed by atoms with van der Waals surface area (Å²) in [4.78, 5) is 38.1. The fraction of sp³-hybridized carbons (Fsp3) is 0.154. The number of carbonyl (C=O) groups excluding carboxylic acids is 2. The van der Waals surface area contributed by atoms with E-state index >= 15 is 0 Å². The first-order valence-corrected chi connectivity index (χ1v) is 10.4. The van der Waals surface area contributed by atoms with Gasteiger partial charge in [-0.15, -0.1) is 0 Å². The molecule has 0 aliphatic heterocycles. The van der Waals surface area contributed by atoms with Crippen molar-refractivity contribution in [3.63, 3.8) is 0 Å². The number of amides is 1. The van der Waals surface area contributed by atoms with Gasteiger partial charge in [0.25, 0.3) is 5.69 Å². The summed E-state index contributed by atoms with van der Waals surface area (Å²) in [6.45, 7) is 1.50. The van der Waals surface area contributed by atoms with E-state index in [1.54, 1.807) is 31.2 Å². The number of ether oxygens (including phenoxy) is 1. The van der Waals surface area contributed by atoms with Gasteiger partial charge in [0.05, 0.1) is 11.5 Å². The largest absolute Gasteiger partial charge is 0.459 e. The van der Waals surface area contributed by atoms with Gasteiger partial charge in [0.2, 0.25) is 5.91 Å². The highest BCUT2D eigenvalue weighted by atomic mass is 16.6. The zero-order valence-corrected chi connectivity index (χ0v) is 18.2. The quantitative estimate of drug-likeness (QED) is 0.205. The lowest BCUT2D eigenvalue weighted by Gasteiger charge is -2.27. The summed E-state index contributed by atoms with van der Waals surface area (Å²) < 4.78 is 5.41. The molecule has 33 heavy (non-hydrogen) atoms. The normalized spacial score (nSPS) is 11.7. The molecule has 0 fully saturated rings. The molecule has 0 heterocycles. The first kappa shape index (κ1) is 23.4. The highest BCUT2D eigenvalue weighted by Crippen LogP contribution is 2.21. The van der Waals surface area contributed by atoms with Gasteiger partial charge >= 0.3 is 5.97 Å². The van der Waals surface area contributed by atoms with Crippen LogP contribution in [0.4, 0.5) is 5.69 Å². The maximum absolute atomic E-state index is 13.1. The highest BCUT2D eigenvalue weighted by Gasteiger charge is 2.28. The number of hydrogen-bond acceptors (Lipinski definition) is 5. The second-order valence-corrected chi connectivity index (χ2v) is 7.37. The number of rotatable bonds is 9. The molecule has 7 heteroatoms. The molecule has 0 saturated carbocycles. The predicted molar refractivity (Wildman–Crippen MR) is 125 cm³/mol. The van der Waals surface area contributed by atoms with Crippen LogP contribution in [-0.4, -0.2) is 27.7 Å². The van der Waals surface area contributed by atoms with E-state index in [0.29, 0.717) is 5.56 Å². The molecule has 3 rings (SSSR count). The van der Waals surface area contributed by atoms with Gasteiger partial charge in [-0.25, -0.2) is 4.79 Å². The molecule has 3 aromatic carbocycles. The van der Waals surface area contributed by atoms with Crippen molar-refractivity contribution in [2.45, 2.75) is 26.1 Å². The molecule has 7 nitrogen and oxygen atoms in total. The van der Waals surface area contributed by atoms with Crippen LogP contribution in [0.15, 0.2) is 91.0 Å². The van der Waals surface area contributed by atoms with Crippen LogP contribution in [0.5, 0.6) is 0 Å². The molecule has 0 radical (unpaired) electrons. The van der Waals surface area contributed by atoms with Crippen molar-refractivity contribution >= 4 is 23.6 Å². The van der Waals surface area contributed by atoms with Crippen LogP contribution in [0.2, 0.25) is 0 Å². The number of nitrogens with zero attached hydrogens (tertiary/aromatic N) is 2. The summed E-state index contributed by atoms with van der Waals surface area (Å²) in [5.41, 5.74) is 1.84. The van der Waals surface area contributed by atoms with Crippen LogP contribution >= 0.6 is 0 Å². The lowest BCUT2D eigenvalue weighted by atomic mass is 10.1. The smallest absolute Gasteiger partial charge is 0.328 e. The third-order valence-corrected chi connectivity index (χ3v) is 5.06. The number of carbonyl (C=O) groups is 2. The van der Waals surface area contributed by atoms with E-state index in [1.807, 2.05) is 60.7 Å². The Balaban J connectivity index is 1.82. The van der Waals surface area contributed by atoms with E-state index in [0.717, 1.165) is 11.1 Å². The average Bonchev–Trinajstić information content (AvgIpc) is 2.85. The summed E-state index contributed by atoms with van der Waals surface area (Å²) in [7, 11) is 0. The van der Waals surface area contributed by atoms with Crippen LogP contribution in [0.1, 0.15) is 23.6 Å². The Labute approximate surface area is 192 Å². The van der Waals surface area contributed by atoms with Gasteiger partial charge in [0.15, 0.2) is 0 Å². The second kappa shape index (κ2) is 11.4. The van der Waals surface area contributed by atoms with Gasteiger partial charge in [-0.2, -0.15) is 0 Å². The number of para-hydroxylation sites is 1. The average molecular weight is 444 g/mol. The van der Waals surface area contributed by atoms with E-state index in [-0.39, 0.29) is 18.8 Å². The van der Waals surface area contributed by atoms with Crippen LogP contribution < -0.4 is 0 Å². The van der Waals surface area contributed by atoms with Crippen molar-refractivity contribution in [1.82, 2.24) is 4.90 Å². The summed E-state index contributed by atoms with van der Waals surface area (Å²) in [5, 5.41) is 11.4. The third kappa shape index (κ3) is 6.61. The third-order valence-electron chi connectivity index (χ3n) is 5.06. The Morgan fingerprint density at radius 2 is 1.58 bits per heavy atom. The molecule has 0 aromatic heterocycles. The minimum Gasteiger partial charge on any atom is -0.459 e. The first-order chi connectivity index (χ1) is 16.0. The molecular weight excluding hydrogens is 420 g/mol. The van der Waals surface area contributed by atoms with Crippen molar-refractivity contribution in [3.8, 4) is 0 Å². The Bertz CT molecular complexity index is 1130. The van der Waals surface area contributed by atoms with Gasteiger partial charge < -0.3 is 9.64 Å². The number of hydrogen-bond donors (Lipinski definition) is 0. The monoisotopic (exact) mass is 444 g/mol. The van der Waals surface area contributed by atoms with Crippen LogP contribution in [-0.2, 0) is 27.5 Å². The second-order valence-electron chi connectivity index (χ2n) is 7.37. The predicted octanol–water partition coefficient (Wildman–Crippen LogP) is 4.77. The fourth-order valence-corrected chi connectivity index (χ4v) is 3.22. The van der Waals surface area contributed by atoms with Crippen molar-refractivity contribution in [1.29, 1.82) is 0 Å². The zero-order chi connectivity index (χ0) is 23.6. The molecule has 0 unspecified atom stereocenters. The Morgan fingerprint density at radius 3 is 2.24 bits per heavy atom. The first-order valence-electron chi connectivity index (χ1n) is 10.4. The molecule has 0 spiro atoms. The van der Waals surface area contributed by atoms with E-state index < -0.39 is 22.8 Å². The minimum absolute atomic E-state index is 0.0668. The molecular formula is C26H24N2O5. The molecule has 168 valence electrons. The standard InChI is InChI=1S/C26H24N2O5/c1-20(26(30)33-19-22-12-6-3-7-13-22)27(18-23-14-8-9-15-24(23)28(31)32)25(29)17-16-21-10-4-2-5-11-21/h2-17,20H,18-19H2,1H3/b17-16+/t20-/m0/s1. The molecule has 3 aromatic rings. The Morgan fingerprint density at radius 1 is 0.970 bits per heavy atom. The van der Waals surface area contributed by atoms with Gasteiger partial charge in [-0.3, -0.25) is 14.9 Å². The van der Waals surface area contributed by atoms with Crippen molar-refractivity contribution in [2.75, 3.05) is 0 Å². The van der Waals surface area contributed by atoms with E-state index in [2.05, 4.69) is 0 Å². The number of nitro benzene ring substituents is 1. The van der Waals surface area contributed by atoms with E-state index in [1.165, 1.54) is 17.0 Å². The lowest BCUT2D eigenvalue weighted by molar-refractivity contribution is -0.385. The molecule has 0 N–H and O–H groups in total. The minimum atomic E-state index is -0.957. The Hall–Kier alpha value is -4.26.